The fourth-order valence-electron chi connectivity index (χ4n) is 2.55. The van der Waals surface area contributed by atoms with Crippen LogP contribution in [0.3, 0.4) is 0 Å². The quantitative estimate of drug-likeness (QED) is 0.847. The molecule has 2 heterocycles. The summed E-state index contributed by atoms with van der Waals surface area (Å²) < 4.78 is 10.5. The van der Waals surface area contributed by atoms with Crippen LogP contribution < -0.4 is 5.32 Å². The number of rotatable bonds is 7. The Morgan fingerprint density at radius 3 is 2.96 bits per heavy atom. The fourth-order valence-corrected chi connectivity index (χ4v) is 2.55. The molecule has 1 aromatic heterocycles. The van der Waals surface area contributed by atoms with E-state index in [-0.39, 0.29) is 5.91 Å². The average molecular weight is 315 g/mol. The van der Waals surface area contributed by atoms with Crippen LogP contribution in [0.15, 0.2) is 34.9 Å². The fraction of sp³-hybridized carbons (Fsp3) is 0.471. The second kappa shape index (κ2) is 7.87. The number of nitrogens with zero attached hydrogens (tertiary/aromatic N) is 2. The smallest absolute Gasteiger partial charge is 0.226 e. The number of carbonyl (C=O) groups excluding carboxylic acids is 1. The lowest BCUT2D eigenvalue weighted by atomic mass is 10.1. The van der Waals surface area contributed by atoms with Crippen molar-refractivity contribution in [2.75, 3.05) is 19.8 Å². The maximum absolute atomic E-state index is 11.8. The summed E-state index contributed by atoms with van der Waals surface area (Å²) in [6.45, 7) is 2.27. The van der Waals surface area contributed by atoms with Gasteiger partial charge in [-0.1, -0.05) is 35.5 Å². The van der Waals surface area contributed by atoms with Gasteiger partial charge in [0.2, 0.25) is 17.6 Å². The van der Waals surface area contributed by atoms with Gasteiger partial charge >= 0.3 is 0 Å². The highest BCUT2D eigenvalue weighted by molar-refractivity contribution is 5.75. The highest BCUT2D eigenvalue weighted by atomic mass is 16.5. The van der Waals surface area contributed by atoms with E-state index in [1.165, 1.54) is 0 Å². The second-order valence-corrected chi connectivity index (χ2v) is 5.76. The number of benzene rings is 1. The summed E-state index contributed by atoms with van der Waals surface area (Å²) in [5, 5.41) is 6.93. The Bertz CT molecular complexity index is 621. The van der Waals surface area contributed by atoms with Gasteiger partial charge in [-0.05, 0) is 12.8 Å². The van der Waals surface area contributed by atoms with E-state index in [2.05, 4.69) is 15.5 Å². The third-order valence-corrected chi connectivity index (χ3v) is 3.91. The van der Waals surface area contributed by atoms with E-state index in [4.69, 9.17) is 9.26 Å². The summed E-state index contributed by atoms with van der Waals surface area (Å²) in [5.74, 6) is 1.69. The SMILES string of the molecule is O=C(CCCc1nc(-c2ccccc2)no1)NCC1CCOC1. The molecular weight excluding hydrogens is 294 g/mol. The van der Waals surface area contributed by atoms with Crippen molar-refractivity contribution >= 4 is 5.91 Å². The predicted molar refractivity (Wildman–Crippen MR) is 84.6 cm³/mol. The highest BCUT2D eigenvalue weighted by Gasteiger charge is 2.16. The van der Waals surface area contributed by atoms with Gasteiger partial charge in [-0.15, -0.1) is 0 Å². The molecule has 122 valence electrons. The number of amides is 1. The molecule has 2 aromatic rings. The monoisotopic (exact) mass is 315 g/mol. The molecule has 6 nitrogen and oxygen atoms in total. The first kappa shape index (κ1) is 15.7. The number of aryl methyl sites for hydroxylation is 1. The van der Waals surface area contributed by atoms with E-state index >= 15 is 0 Å². The highest BCUT2D eigenvalue weighted by Crippen LogP contribution is 2.15. The molecule has 6 heteroatoms. The predicted octanol–water partition coefficient (Wildman–Crippen LogP) is 2.21. The summed E-state index contributed by atoms with van der Waals surface area (Å²) in [6.07, 6.45) is 2.81. The van der Waals surface area contributed by atoms with E-state index in [9.17, 15) is 4.79 Å². The van der Waals surface area contributed by atoms with Gasteiger partial charge in [0.05, 0.1) is 6.61 Å². The molecule has 0 spiro atoms. The van der Waals surface area contributed by atoms with Crippen molar-refractivity contribution in [3.8, 4) is 11.4 Å². The minimum Gasteiger partial charge on any atom is -0.381 e. The Labute approximate surface area is 135 Å². The van der Waals surface area contributed by atoms with Crippen molar-refractivity contribution in [3.05, 3.63) is 36.2 Å². The first-order valence-electron chi connectivity index (χ1n) is 8.04. The number of nitrogens with one attached hydrogen (secondary N) is 1. The molecule has 0 radical (unpaired) electrons. The molecule has 0 aliphatic carbocycles. The third-order valence-electron chi connectivity index (χ3n) is 3.91. The van der Waals surface area contributed by atoms with Gasteiger partial charge in [-0.25, -0.2) is 0 Å². The summed E-state index contributed by atoms with van der Waals surface area (Å²) in [4.78, 5) is 16.2. The maximum atomic E-state index is 11.8. The molecule has 1 aliphatic heterocycles. The molecule has 1 saturated heterocycles. The van der Waals surface area contributed by atoms with Crippen LogP contribution in [0.4, 0.5) is 0 Å². The third kappa shape index (κ3) is 4.63. The zero-order valence-electron chi connectivity index (χ0n) is 13.0. The van der Waals surface area contributed by atoms with Gasteiger partial charge in [0.15, 0.2) is 0 Å². The van der Waals surface area contributed by atoms with Crippen LogP contribution in [0.25, 0.3) is 11.4 Å². The Kier molecular flexibility index (Phi) is 5.37. The Morgan fingerprint density at radius 2 is 2.17 bits per heavy atom. The van der Waals surface area contributed by atoms with Crippen LogP contribution in [0, 0.1) is 5.92 Å². The van der Waals surface area contributed by atoms with E-state index in [0.717, 1.165) is 25.2 Å². The first-order valence-corrected chi connectivity index (χ1v) is 8.04. The molecule has 1 amide bonds. The number of hydrogen-bond acceptors (Lipinski definition) is 5. The Morgan fingerprint density at radius 1 is 1.30 bits per heavy atom. The summed E-state index contributed by atoms with van der Waals surface area (Å²) >= 11 is 0. The largest absolute Gasteiger partial charge is 0.381 e. The molecule has 1 fully saturated rings. The molecule has 1 unspecified atom stereocenters. The van der Waals surface area contributed by atoms with Crippen molar-refractivity contribution in [3.63, 3.8) is 0 Å². The molecule has 1 N–H and O–H groups in total. The van der Waals surface area contributed by atoms with E-state index < -0.39 is 0 Å². The molecule has 1 aromatic carbocycles. The lowest BCUT2D eigenvalue weighted by molar-refractivity contribution is -0.121. The zero-order valence-corrected chi connectivity index (χ0v) is 13.0. The molecule has 1 atom stereocenters. The van der Waals surface area contributed by atoms with Crippen LogP contribution in [-0.4, -0.2) is 35.8 Å². The molecular formula is C17H21N3O3. The number of aromatic nitrogens is 2. The molecule has 23 heavy (non-hydrogen) atoms. The molecule has 0 bridgehead atoms. The Hall–Kier alpha value is -2.21. The summed E-state index contributed by atoms with van der Waals surface area (Å²) in [6, 6.07) is 9.70. The summed E-state index contributed by atoms with van der Waals surface area (Å²) in [5.41, 5.74) is 0.930. The second-order valence-electron chi connectivity index (χ2n) is 5.76. The first-order chi connectivity index (χ1) is 11.3. The number of carbonyl (C=O) groups is 1. The lowest BCUT2D eigenvalue weighted by Gasteiger charge is -2.08. The van der Waals surface area contributed by atoms with Crippen LogP contribution in [0.1, 0.15) is 25.2 Å². The van der Waals surface area contributed by atoms with Crippen LogP contribution in [0.5, 0.6) is 0 Å². The topological polar surface area (TPSA) is 77.2 Å². The minimum atomic E-state index is 0.0692. The maximum Gasteiger partial charge on any atom is 0.226 e. The zero-order chi connectivity index (χ0) is 15.9. The van der Waals surface area contributed by atoms with E-state index in [1.54, 1.807) is 0 Å². The van der Waals surface area contributed by atoms with Crippen LogP contribution in [-0.2, 0) is 16.0 Å². The van der Waals surface area contributed by atoms with Crippen LogP contribution in [0.2, 0.25) is 0 Å². The van der Waals surface area contributed by atoms with Crippen molar-refractivity contribution in [1.82, 2.24) is 15.5 Å². The van der Waals surface area contributed by atoms with Crippen molar-refractivity contribution in [1.29, 1.82) is 0 Å². The van der Waals surface area contributed by atoms with E-state index in [0.29, 0.717) is 43.4 Å². The molecule has 3 rings (SSSR count). The van der Waals surface area contributed by atoms with Gasteiger partial charge in [0, 0.05) is 37.5 Å². The van der Waals surface area contributed by atoms with Gasteiger partial charge in [-0.3, -0.25) is 4.79 Å². The summed E-state index contributed by atoms with van der Waals surface area (Å²) in [7, 11) is 0. The van der Waals surface area contributed by atoms with Gasteiger partial charge in [0.1, 0.15) is 0 Å². The number of hydrogen-bond donors (Lipinski definition) is 1. The molecule has 1 aliphatic rings. The minimum absolute atomic E-state index is 0.0692. The van der Waals surface area contributed by atoms with Crippen molar-refractivity contribution in [2.45, 2.75) is 25.7 Å². The Balaban J connectivity index is 1.39. The van der Waals surface area contributed by atoms with Crippen molar-refractivity contribution < 1.29 is 14.1 Å². The van der Waals surface area contributed by atoms with E-state index in [1.807, 2.05) is 30.3 Å². The molecule has 0 saturated carbocycles. The standard InChI is InChI=1S/C17H21N3O3/c21-15(18-11-13-9-10-22-12-13)7-4-8-16-19-17(20-23-16)14-5-2-1-3-6-14/h1-3,5-6,13H,4,7-12H2,(H,18,21). The van der Waals surface area contributed by atoms with Gasteiger partial charge < -0.3 is 14.6 Å². The van der Waals surface area contributed by atoms with Crippen LogP contribution >= 0.6 is 0 Å². The number of ether oxygens (including phenoxy) is 1. The average Bonchev–Trinajstić information content (AvgIpc) is 3.26. The van der Waals surface area contributed by atoms with Gasteiger partial charge in [0.25, 0.3) is 0 Å². The van der Waals surface area contributed by atoms with Crippen molar-refractivity contribution in [2.24, 2.45) is 5.92 Å². The normalized spacial score (nSPS) is 17.3. The van der Waals surface area contributed by atoms with Gasteiger partial charge in [-0.2, -0.15) is 4.98 Å². The lowest BCUT2D eigenvalue weighted by Crippen LogP contribution is -2.29.